The second-order valence-corrected chi connectivity index (χ2v) is 5.94. The van der Waals surface area contributed by atoms with E-state index in [-0.39, 0.29) is 0 Å². The van der Waals surface area contributed by atoms with Gasteiger partial charge in [0.25, 0.3) is 0 Å². The minimum absolute atomic E-state index is 0.389. The molecule has 1 heterocycles. The summed E-state index contributed by atoms with van der Waals surface area (Å²) in [7, 11) is 0. The summed E-state index contributed by atoms with van der Waals surface area (Å²) in [6.07, 6.45) is 8.34. The van der Waals surface area contributed by atoms with E-state index in [0.29, 0.717) is 5.54 Å². The highest BCUT2D eigenvalue weighted by atomic mass is 32.1. The van der Waals surface area contributed by atoms with Crippen LogP contribution in [0.25, 0.3) is 0 Å². The molecule has 0 aliphatic heterocycles. The lowest BCUT2D eigenvalue weighted by Gasteiger charge is -2.29. The van der Waals surface area contributed by atoms with Gasteiger partial charge in [-0.2, -0.15) is 0 Å². The fourth-order valence-corrected chi connectivity index (χ4v) is 3.04. The fraction of sp³-hybridized carbons (Fsp3) is 0.692. The zero-order chi connectivity index (χ0) is 10.6. The van der Waals surface area contributed by atoms with Crippen LogP contribution in [0.15, 0.2) is 17.5 Å². The molecule has 1 N–H and O–H groups in total. The molecule has 1 aromatic rings. The third-order valence-corrected chi connectivity index (χ3v) is 4.35. The molecule has 0 saturated heterocycles. The van der Waals surface area contributed by atoms with E-state index in [1.165, 1.54) is 43.4 Å². The van der Waals surface area contributed by atoms with Gasteiger partial charge in [-0.25, -0.2) is 0 Å². The molecule has 2 heteroatoms. The second-order valence-electron chi connectivity index (χ2n) is 4.91. The minimum atomic E-state index is 0.389. The Kier molecular flexibility index (Phi) is 3.81. The van der Waals surface area contributed by atoms with Crippen molar-refractivity contribution in [2.24, 2.45) is 0 Å². The van der Waals surface area contributed by atoms with E-state index < -0.39 is 0 Å². The summed E-state index contributed by atoms with van der Waals surface area (Å²) in [4.78, 5) is 1.46. The molecule has 2 rings (SSSR count). The molecule has 1 nitrogen and oxygen atoms in total. The fourth-order valence-electron chi connectivity index (χ4n) is 2.40. The van der Waals surface area contributed by atoms with Gasteiger partial charge in [0.1, 0.15) is 0 Å². The molecular formula is C13H21NS. The summed E-state index contributed by atoms with van der Waals surface area (Å²) in [5.41, 5.74) is 0.389. The first kappa shape index (κ1) is 11.2. The van der Waals surface area contributed by atoms with Crippen LogP contribution in [0.3, 0.4) is 0 Å². The molecule has 1 aromatic heterocycles. The molecule has 1 aliphatic carbocycles. The van der Waals surface area contributed by atoms with Crippen LogP contribution in [-0.2, 0) is 6.54 Å². The Hall–Kier alpha value is -0.340. The van der Waals surface area contributed by atoms with Gasteiger partial charge >= 0.3 is 0 Å². The third kappa shape index (κ3) is 3.32. The van der Waals surface area contributed by atoms with Crippen LogP contribution in [0.4, 0.5) is 0 Å². The zero-order valence-electron chi connectivity index (χ0n) is 9.59. The molecule has 1 fully saturated rings. The van der Waals surface area contributed by atoms with Crippen molar-refractivity contribution >= 4 is 11.3 Å². The van der Waals surface area contributed by atoms with Crippen LogP contribution >= 0.6 is 11.3 Å². The van der Waals surface area contributed by atoms with Crippen molar-refractivity contribution in [2.45, 2.75) is 57.5 Å². The Bertz CT molecular complexity index is 271. The van der Waals surface area contributed by atoms with Crippen LogP contribution in [0.1, 0.15) is 50.3 Å². The maximum absolute atomic E-state index is 3.75. The first-order valence-electron chi connectivity index (χ1n) is 6.06. The normalized spacial score (nSPS) is 21.1. The zero-order valence-corrected chi connectivity index (χ0v) is 10.4. The average molecular weight is 223 g/mol. The van der Waals surface area contributed by atoms with E-state index in [0.717, 1.165) is 6.54 Å². The smallest absolute Gasteiger partial charge is 0.0304 e. The molecule has 0 spiro atoms. The molecule has 0 bridgehead atoms. The number of rotatable bonds is 3. The van der Waals surface area contributed by atoms with Crippen LogP contribution in [0.2, 0.25) is 0 Å². The van der Waals surface area contributed by atoms with Gasteiger partial charge in [-0.05, 0) is 31.2 Å². The first-order valence-corrected chi connectivity index (χ1v) is 6.94. The molecule has 1 saturated carbocycles. The van der Waals surface area contributed by atoms with E-state index in [1.807, 2.05) is 11.3 Å². The largest absolute Gasteiger partial charge is 0.307 e. The molecule has 0 unspecified atom stereocenters. The highest BCUT2D eigenvalue weighted by Gasteiger charge is 2.24. The van der Waals surface area contributed by atoms with E-state index >= 15 is 0 Å². The van der Waals surface area contributed by atoms with Gasteiger partial charge in [0.05, 0.1) is 0 Å². The lowest BCUT2D eigenvalue weighted by molar-refractivity contribution is 0.312. The van der Waals surface area contributed by atoms with Crippen molar-refractivity contribution in [1.29, 1.82) is 0 Å². The monoisotopic (exact) mass is 223 g/mol. The number of hydrogen-bond donors (Lipinski definition) is 1. The van der Waals surface area contributed by atoms with Gasteiger partial charge in [-0.15, -0.1) is 11.3 Å². The number of hydrogen-bond acceptors (Lipinski definition) is 2. The minimum Gasteiger partial charge on any atom is -0.307 e. The van der Waals surface area contributed by atoms with Gasteiger partial charge in [0.2, 0.25) is 0 Å². The average Bonchev–Trinajstić information content (AvgIpc) is 2.65. The van der Waals surface area contributed by atoms with Gasteiger partial charge in [-0.3, -0.25) is 0 Å². The lowest BCUT2D eigenvalue weighted by Crippen LogP contribution is -2.41. The van der Waals surface area contributed by atoms with Crippen LogP contribution < -0.4 is 5.32 Å². The molecule has 0 aromatic carbocycles. The highest BCUT2D eigenvalue weighted by Crippen LogP contribution is 2.27. The summed E-state index contributed by atoms with van der Waals surface area (Å²) in [5, 5.41) is 5.91. The molecule has 15 heavy (non-hydrogen) atoms. The highest BCUT2D eigenvalue weighted by molar-refractivity contribution is 7.09. The first-order chi connectivity index (χ1) is 7.29. The van der Waals surface area contributed by atoms with E-state index in [9.17, 15) is 0 Å². The molecule has 0 radical (unpaired) electrons. The van der Waals surface area contributed by atoms with Gasteiger partial charge in [-0.1, -0.05) is 31.7 Å². The van der Waals surface area contributed by atoms with Crippen molar-refractivity contribution in [2.75, 3.05) is 0 Å². The number of thiophene rings is 1. The van der Waals surface area contributed by atoms with E-state index in [1.54, 1.807) is 0 Å². The summed E-state index contributed by atoms with van der Waals surface area (Å²) in [5.74, 6) is 0. The lowest BCUT2D eigenvalue weighted by atomic mass is 9.92. The van der Waals surface area contributed by atoms with E-state index in [4.69, 9.17) is 0 Å². The molecule has 1 aliphatic rings. The quantitative estimate of drug-likeness (QED) is 0.765. The van der Waals surface area contributed by atoms with Crippen molar-refractivity contribution < 1.29 is 0 Å². The topological polar surface area (TPSA) is 12.0 Å². The standard InChI is InChI=1S/C13H21NS/c1-13(8-4-2-3-5-9-13)14-11-12-7-6-10-15-12/h6-7,10,14H,2-5,8-9,11H2,1H3. The molecular weight excluding hydrogens is 202 g/mol. The van der Waals surface area contributed by atoms with Gasteiger partial charge < -0.3 is 5.32 Å². The van der Waals surface area contributed by atoms with Crippen molar-refractivity contribution in [3.8, 4) is 0 Å². The molecule has 0 amide bonds. The third-order valence-electron chi connectivity index (χ3n) is 3.48. The summed E-state index contributed by atoms with van der Waals surface area (Å²) >= 11 is 1.85. The van der Waals surface area contributed by atoms with Crippen LogP contribution in [0, 0.1) is 0 Å². The predicted octanol–water partition coefficient (Wildman–Crippen LogP) is 3.95. The predicted molar refractivity (Wildman–Crippen MR) is 67.3 cm³/mol. The van der Waals surface area contributed by atoms with Crippen molar-refractivity contribution in [1.82, 2.24) is 5.32 Å². The van der Waals surface area contributed by atoms with E-state index in [2.05, 4.69) is 29.8 Å². The van der Waals surface area contributed by atoms with Crippen LogP contribution in [0.5, 0.6) is 0 Å². The molecule has 84 valence electrons. The number of nitrogens with one attached hydrogen (secondary N) is 1. The maximum atomic E-state index is 3.75. The summed E-state index contributed by atoms with van der Waals surface area (Å²) in [6, 6.07) is 4.36. The summed E-state index contributed by atoms with van der Waals surface area (Å²) < 4.78 is 0. The SMILES string of the molecule is CC1(NCc2cccs2)CCCCCC1. The van der Waals surface area contributed by atoms with Crippen molar-refractivity contribution in [3.63, 3.8) is 0 Å². The summed E-state index contributed by atoms with van der Waals surface area (Å²) in [6.45, 7) is 3.44. The Morgan fingerprint density at radius 2 is 2.00 bits per heavy atom. The Morgan fingerprint density at radius 3 is 2.60 bits per heavy atom. The van der Waals surface area contributed by atoms with Gasteiger partial charge in [0.15, 0.2) is 0 Å². The Labute approximate surface area is 96.9 Å². The van der Waals surface area contributed by atoms with Crippen LogP contribution in [-0.4, -0.2) is 5.54 Å². The maximum Gasteiger partial charge on any atom is 0.0304 e. The van der Waals surface area contributed by atoms with Gasteiger partial charge in [0, 0.05) is 17.0 Å². The Morgan fingerprint density at radius 1 is 1.27 bits per heavy atom. The second kappa shape index (κ2) is 5.13. The Balaban J connectivity index is 1.86. The molecule has 0 atom stereocenters. The van der Waals surface area contributed by atoms with Crippen molar-refractivity contribution in [3.05, 3.63) is 22.4 Å².